The van der Waals surface area contributed by atoms with E-state index in [1.807, 2.05) is 4.90 Å². The van der Waals surface area contributed by atoms with Crippen molar-refractivity contribution in [2.45, 2.75) is 38.6 Å². The van der Waals surface area contributed by atoms with Crippen molar-refractivity contribution in [3.8, 4) is 11.8 Å². The molecule has 0 aromatic carbocycles. The molecule has 0 atom stereocenters. The molecule has 1 N–H and O–H groups in total. The third kappa shape index (κ3) is 3.17. The van der Waals surface area contributed by atoms with E-state index in [-0.39, 0.29) is 18.1 Å². The fourth-order valence-electron chi connectivity index (χ4n) is 2.44. The van der Waals surface area contributed by atoms with Gasteiger partial charge in [0, 0.05) is 30.3 Å². The highest BCUT2D eigenvalue weighted by molar-refractivity contribution is 5.93. The lowest BCUT2D eigenvalue weighted by Crippen LogP contribution is -2.42. The van der Waals surface area contributed by atoms with Crippen molar-refractivity contribution in [2.75, 3.05) is 13.2 Å². The standard InChI is InChI=1S/C16H20N2O2/c1-16(2)9-5-10-18(16)15(20)14-8-7-13(12-17-14)6-3-4-11-19/h7-8,12,19H,4-5,9-11H2,1-2H3. The molecule has 1 aliphatic rings. The molecular formula is C16H20N2O2. The van der Waals surface area contributed by atoms with Crippen molar-refractivity contribution in [1.82, 2.24) is 9.88 Å². The fraction of sp³-hybridized carbons (Fsp3) is 0.500. The maximum absolute atomic E-state index is 12.4. The normalized spacial score (nSPS) is 16.6. The summed E-state index contributed by atoms with van der Waals surface area (Å²) in [5, 5.41) is 8.66. The second-order valence-electron chi connectivity index (χ2n) is 5.58. The van der Waals surface area contributed by atoms with Crippen LogP contribution < -0.4 is 0 Å². The van der Waals surface area contributed by atoms with Crippen molar-refractivity contribution >= 4 is 5.91 Å². The van der Waals surface area contributed by atoms with E-state index in [1.165, 1.54) is 0 Å². The molecule has 106 valence electrons. The molecule has 1 aromatic heterocycles. The number of hydrogen-bond donors (Lipinski definition) is 1. The van der Waals surface area contributed by atoms with Gasteiger partial charge in [-0.25, -0.2) is 4.98 Å². The van der Waals surface area contributed by atoms with Gasteiger partial charge in [-0.1, -0.05) is 11.8 Å². The molecule has 1 aromatic rings. The average molecular weight is 272 g/mol. The van der Waals surface area contributed by atoms with Crippen molar-refractivity contribution in [3.05, 3.63) is 29.6 Å². The van der Waals surface area contributed by atoms with Gasteiger partial charge >= 0.3 is 0 Å². The van der Waals surface area contributed by atoms with E-state index in [2.05, 4.69) is 30.7 Å². The first-order valence-electron chi connectivity index (χ1n) is 6.92. The Bertz CT molecular complexity index is 538. The van der Waals surface area contributed by atoms with Crippen molar-refractivity contribution in [2.24, 2.45) is 0 Å². The van der Waals surface area contributed by atoms with Crippen molar-refractivity contribution < 1.29 is 9.90 Å². The maximum Gasteiger partial charge on any atom is 0.272 e. The number of amides is 1. The summed E-state index contributed by atoms with van der Waals surface area (Å²) in [7, 11) is 0. The van der Waals surface area contributed by atoms with Gasteiger partial charge in [-0.15, -0.1) is 0 Å². The second kappa shape index (κ2) is 6.06. The number of rotatable bonds is 2. The Morgan fingerprint density at radius 3 is 2.85 bits per heavy atom. The molecule has 2 rings (SSSR count). The molecule has 0 radical (unpaired) electrons. The van der Waals surface area contributed by atoms with Gasteiger partial charge in [0.1, 0.15) is 5.69 Å². The van der Waals surface area contributed by atoms with E-state index >= 15 is 0 Å². The molecule has 2 heterocycles. The highest BCUT2D eigenvalue weighted by atomic mass is 16.2. The summed E-state index contributed by atoms with van der Waals surface area (Å²) in [6.45, 7) is 5.03. The van der Waals surface area contributed by atoms with Gasteiger partial charge in [-0.05, 0) is 38.8 Å². The van der Waals surface area contributed by atoms with Crippen LogP contribution in [0.5, 0.6) is 0 Å². The molecular weight excluding hydrogens is 252 g/mol. The Balaban J connectivity index is 2.11. The molecule has 4 nitrogen and oxygen atoms in total. The van der Waals surface area contributed by atoms with E-state index in [4.69, 9.17) is 5.11 Å². The lowest BCUT2D eigenvalue weighted by molar-refractivity contribution is 0.0646. The average Bonchev–Trinajstić information content (AvgIpc) is 2.79. The Labute approximate surface area is 119 Å². The summed E-state index contributed by atoms with van der Waals surface area (Å²) in [6, 6.07) is 3.52. The molecule has 0 bridgehead atoms. The first kappa shape index (κ1) is 14.5. The quantitative estimate of drug-likeness (QED) is 0.836. The van der Waals surface area contributed by atoms with E-state index in [0.29, 0.717) is 12.1 Å². The fourth-order valence-corrected chi connectivity index (χ4v) is 2.44. The lowest BCUT2D eigenvalue weighted by atomic mass is 10.0. The second-order valence-corrected chi connectivity index (χ2v) is 5.58. The van der Waals surface area contributed by atoms with Crippen LogP contribution in [-0.4, -0.2) is 39.6 Å². The Morgan fingerprint density at radius 2 is 2.30 bits per heavy atom. The molecule has 1 fully saturated rings. The monoisotopic (exact) mass is 272 g/mol. The number of likely N-dealkylation sites (tertiary alicyclic amines) is 1. The van der Waals surface area contributed by atoms with Crippen LogP contribution in [0, 0.1) is 11.8 Å². The molecule has 0 spiro atoms. The Kier molecular flexibility index (Phi) is 4.41. The molecule has 20 heavy (non-hydrogen) atoms. The van der Waals surface area contributed by atoms with Crippen LogP contribution in [0.2, 0.25) is 0 Å². The van der Waals surface area contributed by atoms with E-state index in [9.17, 15) is 4.79 Å². The van der Waals surface area contributed by atoms with Gasteiger partial charge < -0.3 is 10.0 Å². The summed E-state index contributed by atoms with van der Waals surface area (Å²) in [5.74, 6) is 5.72. The van der Waals surface area contributed by atoms with Crippen molar-refractivity contribution in [1.29, 1.82) is 0 Å². The van der Waals surface area contributed by atoms with Gasteiger partial charge in [0.15, 0.2) is 0 Å². The van der Waals surface area contributed by atoms with Crippen LogP contribution in [0.25, 0.3) is 0 Å². The molecule has 1 amide bonds. The smallest absolute Gasteiger partial charge is 0.272 e. The van der Waals surface area contributed by atoms with E-state index < -0.39 is 0 Å². The summed E-state index contributed by atoms with van der Waals surface area (Å²) >= 11 is 0. The number of hydrogen-bond acceptors (Lipinski definition) is 3. The number of aromatic nitrogens is 1. The molecule has 1 saturated heterocycles. The number of pyridine rings is 1. The Morgan fingerprint density at radius 1 is 1.50 bits per heavy atom. The predicted molar refractivity (Wildman–Crippen MR) is 77.2 cm³/mol. The van der Waals surface area contributed by atoms with Gasteiger partial charge in [-0.2, -0.15) is 0 Å². The molecule has 4 heteroatoms. The van der Waals surface area contributed by atoms with Gasteiger partial charge in [0.25, 0.3) is 5.91 Å². The van der Waals surface area contributed by atoms with Crippen molar-refractivity contribution in [3.63, 3.8) is 0 Å². The summed E-state index contributed by atoms with van der Waals surface area (Å²) in [6.07, 6.45) is 4.14. The van der Waals surface area contributed by atoms with Crippen LogP contribution in [0.4, 0.5) is 0 Å². The molecule has 0 aliphatic carbocycles. The van der Waals surface area contributed by atoms with E-state index in [0.717, 1.165) is 24.9 Å². The van der Waals surface area contributed by atoms with Crippen LogP contribution in [0.3, 0.4) is 0 Å². The number of aliphatic hydroxyl groups is 1. The first-order valence-corrected chi connectivity index (χ1v) is 6.92. The maximum atomic E-state index is 12.4. The molecule has 0 unspecified atom stereocenters. The van der Waals surface area contributed by atoms with Crippen LogP contribution in [0.15, 0.2) is 18.3 Å². The SMILES string of the molecule is CC1(C)CCCN1C(=O)c1ccc(C#CCCO)cn1. The van der Waals surface area contributed by atoms with Gasteiger partial charge in [-0.3, -0.25) is 4.79 Å². The highest BCUT2D eigenvalue weighted by Crippen LogP contribution is 2.29. The zero-order valence-corrected chi connectivity index (χ0v) is 12.0. The number of carbonyl (C=O) groups is 1. The number of carbonyl (C=O) groups excluding carboxylic acids is 1. The topological polar surface area (TPSA) is 53.4 Å². The summed E-state index contributed by atoms with van der Waals surface area (Å²) in [4.78, 5) is 18.5. The van der Waals surface area contributed by atoms with Gasteiger partial charge in [0.05, 0.1) is 6.61 Å². The minimum Gasteiger partial charge on any atom is -0.395 e. The number of aliphatic hydroxyl groups excluding tert-OH is 1. The predicted octanol–water partition coefficient (Wildman–Crippen LogP) is 1.83. The third-order valence-corrected chi connectivity index (χ3v) is 3.60. The minimum atomic E-state index is -0.0850. The molecule has 1 aliphatic heterocycles. The van der Waals surface area contributed by atoms with Crippen LogP contribution >= 0.6 is 0 Å². The van der Waals surface area contributed by atoms with Crippen LogP contribution in [0.1, 0.15) is 49.2 Å². The summed E-state index contributed by atoms with van der Waals surface area (Å²) < 4.78 is 0. The third-order valence-electron chi connectivity index (χ3n) is 3.60. The zero-order chi connectivity index (χ0) is 14.6. The largest absolute Gasteiger partial charge is 0.395 e. The van der Waals surface area contributed by atoms with E-state index in [1.54, 1.807) is 18.3 Å². The molecule has 0 saturated carbocycles. The Hall–Kier alpha value is -1.86. The van der Waals surface area contributed by atoms with Gasteiger partial charge in [0.2, 0.25) is 0 Å². The van der Waals surface area contributed by atoms with Crippen LogP contribution in [-0.2, 0) is 0 Å². The minimum absolute atomic E-state index is 0.0117. The lowest BCUT2D eigenvalue weighted by Gasteiger charge is -2.31. The number of nitrogens with zero attached hydrogens (tertiary/aromatic N) is 2. The summed E-state index contributed by atoms with van der Waals surface area (Å²) in [5.41, 5.74) is 1.14. The highest BCUT2D eigenvalue weighted by Gasteiger charge is 2.36. The first-order chi connectivity index (χ1) is 9.54. The zero-order valence-electron chi connectivity index (χ0n) is 12.0.